The summed E-state index contributed by atoms with van der Waals surface area (Å²) in [6.45, 7) is 2.18. The van der Waals surface area contributed by atoms with Crippen LogP contribution in [0.15, 0.2) is 23.8 Å². The summed E-state index contributed by atoms with van der Waals surface area (Å²) in [4.78, 5) is 1.45. The normalized spacial score (nSPS) is 19.3. The van der Waals surface area contributed by atoms with Gasteiger partial charge in [-0.25, -0.2) is 0 Å². The molecule has 1 N–H and O–H groups in total. The molecule has 2 atom stereocenters. The minimum atomic E-state index is 0.218. The lowest BCUT2D eigenvalue weighted by Gasteiger charge is -2.27. The van der Waals surface area contributed by atoms with Crippen LogP contribution in [0.3, 0.4) is 0 Å². The molecule has 0 bridgehead atoms. The Morgan fingerprint density at radius 1 is 1.40 bits per heavy atom. The Kier molecular flexibility index (Phi) is 4.17. The van der Waals surface area contributed by atoms with Crippen LogP contribution in [0, 0.1) is 5.92 Å². The summed E-state index contributed by atoms with van der Waals surface area (Å²) < 4.78 is 2.00. The van der Waals surface area contributed by atoms with Crippen molar-refractivity contribution in [3.63, 3.8) is 0 Å². The van der Waals surface area contributed by atoms with Crippen LogP contribution in [0.4, 0.5) is 0 Å². The zero-order valence-corrected chi connectivity index (χ0v) is 12.9. The number of hydrogen-bond acceptors (Lipinski definition) is 4. The van der Waals surface area contributed by atoms with Crippen molar-refractivity contribution < 1.29 is 0 Å². The maximum atomic E-state index is 4.23. The van der Waals surface area contributed by atoms with E-state index in [0.29, 0.717) is 6.04 Å². The molecule has 0 saturated heterocycles. The van der Waals surface area contributed by atoms with Crippen molar-refractivity contribution in [2.24, 2.45) is 13.0 Å². The van der Waals surface area contributed by atoms with E-state index >= 15 is 0 Å². The lowest BCUT2D eigenvalue weighted by molar-refractivity contribution is 0.334. The zero-order chi connectivity index (χ0) is 13.9. The second-order valence-corrected chi connectivity index (χ2v) is 6.71. The van der Waals surface area contributed by atoms with Gasteiger partial charge in [-0.05, 0) is 37.1 Å². The van der Waals surface area contributed by atoms with E-state index in [0.717, 1.165) is 11.7 Å². The van der Waals surface area contributed by atoms with Crippen LogP contribution in [-0.2, 0) is 7.05 Å². The van der Waals surface area contributed by atoms with Crippen molar-refractivity contribution in [3.05, 3.63) is 34.5 Å². The van der Waals surface area contributed by atoms with Crippen LogP contribution < -0.4 is 5.32 Å². The topological polar surface area (TPSA) is 42.7 Å². The predicted molar refractivity (Wildman–Crippen MR) is 81.6 cm³/mol. The van der Waals surface area contributed by atoms with Crippen LogP contribution in [0.5, 0.6) is 0 Å². The van der Waals surface area contributed by atoms with Gasteiger partial charge in [-0.15, -0.1) is 21.5 Å². The summed E-state index contributed by atoms with van der Waals surface area (Å²) >= 11 is 1.86. The number of nitrogens with zero attached hydrogens (tertiary/aromatic N) is 3. The maximum Gasteiger partial charge on any atom is 0.149 e. The van der Waals surface area contributed by atoms with Crippen molar-refractivity contribution in [2.75, 3.05) is 0 Å². The lowest BCUT2D eigenvalue weighted by Crippen LogP contribution is -2.30. The Morgan fingerprint density at radius 2 is 2.20 bits per heavy atom. The van der Waals surface area contributed by atoms with E-state index in [1.807, 2.05) is 23.0 Å². The number of aryl methyl sites for hydroxylation is 1. The minimum Gasteiger partial charge on any atom is -0.319 e. The fraction of sp³-hybridized carbons (Fsp3) is 0.600. The highest BCUT2D eigenvalue weighted by Gasteiger charge is 2.29. The van der Waals surface area contributed by atoms with Gasteiger partial charge >= 0.3 is 0 Å². The maximum absolute atomic E-state index is 4.23. The Hall–Kier alpha value is -1.20. The molecular formula is C15H22N4S. The van der Waals surface area contributed by atoms with Gasteiger partial charge in [0.25, 0.3) is 0 Å². The summed E-state index contributed by atoms with van der Waals surface area (Å²) in [5.41, 5.74) is 0. The Bertz CT molecular complexity index is 528. The highest BCUT2D eigenvalue weighted by Crippen LogP contribution is 2.38. The Labute approximate surface area is 124 Å². The molecule has 1 aliphatic carbocycles. The molecule has 4 nitrogen and oxygen atoms in total. The molecule has 2 heterocycles. The summed E-state index contributed by atoms with van der Waals surface area (Å²) in [5.74, 6) is 1.76. The monoisotopic (exact) mass is 290 g/mol. The van der Waals surface area contributed by atoms with Gasteiger partial charge in [0, 0.05) is 18.0 Å². The fourth-order valence-electron chi connectivity index (χ4n) is 3.24. The molecule has 5 heteroatoms. The predicted octanol–water partition coefficient (Wildman–Crippen LogP) is 3.46. The van der Waals surface area contributed by atoms with E-state index in [1.165, 1.54) is 30.6 Å². The molecule has 1 fully saturated rings. The van der Waals surface area contributed by atoms with Crippen molar-refractivity contribution >= 4 is 11.3 Å². The molecule has 0 amide bonds. The highest BCUT2D eigenvalue weighted by molar-refractivity contribution is 7.10. The number of nitrogens with one attached hydrogen (secondary N) is 1. The van der Waals surface area contributed by atoms with Crippen molar-refractivity contribution in [2.45, 2.75) is 44.7 Å². The van der Waals surface area contributed by atoms with Gasteiger partial charge in [0.15, 0.2) is 0 Å². The second kappa shape index (κ2) is 6.06. The molecule has 2 unspecified atom stereocenters. The molecule has 2 aromatic heterocycles. The first-order chi connectivity index (χ1) is 9.75. The lowest BCUT2D eigenvalue weighted by atomic mass is 9.96. The quantitative estimate of drug-likeness (QED) is 0.917. The largest absolute Gasteiger partial charge is 0.319 e. The van der Waals surface area contributed by atoms with Gasteiger partial charge in [-0.2, -0.15) is 0 Å². The molecule has 0 aromatic carbocycles. The first-order valence-corrected chi connectivity index (χ1v) is 8.27. The third-order valence-electron chi connectivity index (χ3n) is 4.28. The number of rotatable bonds is 5. The van der Waals surface area contributed by atoms with Gasteiger partial charge in [0.2, 0.25) is 0 Å². The second-order valence-electron chi connectivity index (χ2n) is 5.73. The van der Waals surface area contributed by atoms with E-state index in [4.69, 9.17) is 0 Å². The molecule has 3 rings (SSSR count). The molecule has 1 saturated carbocycles. The zero-order valence-electron chi connectivity index (χ0n) is 12.1. The van der Waals surface area contributed by atoms with Crippen molar-refractivity contribution in [1.29, 1.82) is 0 Å². The van der Waals surface area contributed by atoms with E-state index in [2.05, 4.69) is 40.0 Å². The smallest absolute Gasteiger partial charge is 0.149 e. The third-order valence-corrected chi connectivity index (χ3v) is 5.24. The van der Waals surface area contributed by atoms with Gasteiger partial charge in [-0.3, -0.25) is 5.32 Å². The van der Waals surface area contributed by atoms with E-state index in [1.54, 1.807) is 6.33 Å². The molecule has 1 aliphatic rings. The van der Waals surface area contributed by atoms with Gasteiger partial charge in [-0.1, -0.05) is 18.9 Å². The molecule has 2 aromatic rings. The van der Waals surface area contributed by atoms with Gasteiger partial charge in [0.1, 0.15) is 12.2 Å². The van der Waals surface area contributed by atoms with Crippen LogP contribution in [0.1, 0.15) is 55.4 Å². The van der Waals surface area contributed by atoms with E-state index < -0.39 is 0 Å². The molecular weight excluding hydrogens is 268 g/mol. The van der Waals surface area contributed by atoms with Gasteiger partial charge in [0.05, 0.1) is 6.04 Å². The third kappa shape index (κ3) is 2.79. The first kappa shape index (κ1) is 13.8. The average molecular weight is 290 g/mol. The standard InChI is InChI=1S/C15H22N4S/c1-11(15-18-16-10-19(15)2)17-14(12-6-3-4-7-12)13-8-5-9-20-13/h5,8-12,14,17H,3-4,6-7H2,1-2H3. The van der Waals surface area contributed by atoms with E-state index in [-0.39, 0.29) is 6.04 Å². The Balaban J connectivity index is 1.78. The summed E-state index contributed by atoms with van der Waals surface area (Å²) in [5, 5.41) is 14.2. The minimum absolute atomic E-state index is 0.218. The van der Waals surface area contributed by atoms with Gasteiger partial charge < -0.3 is 4.57 Å². The molecule has 108 valence electrons. The average Bonchev–Trinajstić information content (AvgIpc) is 3.18. The van der Waals surface area contributed by atoms with Crippen LogP contribution in [0.25, 0.3) is 0 Å². The molecule has 0 radical (unpaired) electrons. The Morgan fingerprint density at radius 3 is 2.80 bits per heavy atom. The van der Waals surface area contributed by atoms with Crippen LogP contribution in [-0.4, -0.2) is 14.8 Å². The van der Waals surface area contributed by atoms with E-state index in [9.17, 15) is 0 Å². The van der Waals surface area contributed by atoms with Crippen LogP contribution in [0.2, 0.25) is 0 Å². The first-order valence-electron chi connectivity index (χ1n) is 7.39. The summed E-state index contributed by atoms with van der Waals surface area (Å²) in [6.07, 6.45) is 7.17. The number of aromatic nitrogens is 3. The number of thiophene rings is 1. The molecule has 0 aliphatic heterocycles. The van der Waals surface area contributed by atoms with Crippen LogP contribution >= 0.6 is 11.3 Å². The van der Waals surface area contributed by atoms with Crippen molar-refractivity contribution in [1.82, 2.24) is 20.1 Å². The summed E-state index contributed by atoms with van der Waals surface area (Å²) in [7, 11) is 2.00. The molecule has 20 heavy (non-hydrogen) atoms. The summed E-state index contributed by atoms with van der Waals surface area (Å²) in [6, 6.07) is 5.07. The highest BCUT2D eigenvalue weighted by atomic mass is 32.1. The SMILES string of the molecule is CC(NC(c1cccs1)C1CCCC1)c1nncn1C. The van der Waals surface area contributed by atoms with Crippen molar-refractivity contribution in [3.8, 4) is 0 Å². The fourth-order valence-corrected chi connectivity index (χ4v) is 4.12. The number of hydrogen-bond donors (Lipinski definition) is 1. The molecule has 0 spiro atoms.